The topological polar surface area (TPSA) is 86.6 Å². The van der Waals surface area contributed by atoms with Crippen molar-refractivity contribution in [1.82, 2.24) is 15.1 Å². The number of nitrogens with zero attached hydrogens (tertiary/aromatic N) is 3. The Hall–Kier alpha value is -2.65. The Morgan fingerprint density at radius 3 is 2.94 bits per heavy atom. The second-order valence-corrected chi connectivity index (χ2v) is 8.49. The first-order valence-electron chi connectivity index (χ1n) is 11.1. The minimum Gasteiger partial charge on any atom is -0.454 e. The van der Waals surface area contributed by atoms with Gasteiger partial charge in [-0.15, -0.1) is 0 Å². The first-order valence-corrected chi connectivity index (χ1v) is 11.5. The lowest BCUT2D eigenvalue weighted by molar-refractivity contribution is -0.123. The number of fused-ring (bicyclic) bond motifs is 2. The van der Waals surface area contributed by atoms with Crippen LogP contribution in [0.4, 0.5) is 5.69 Å². The molecule has 9 heteroatoms. The van der Waals surface area contributed by atoms with E-state index in [0.717, 1.165) is 17.1 Å². The van der Waals surface area contributed by atoms with E-state index in [1.54, 1.807) is 19.2 Å². The predicted molar refractivity (Wildman–Crippen MR) is 128 cm³/mol. The van der Waals surface area contributed by atoms with Gasteiger partial charge in [0, 0.05) is 57.3 Å². The maximum Gasteiger partial charge on any atom is 0.221 e. The number of piperazine rings is 1. The average Bonchev–Trinajstić information content (AvgIpc) is 2.97. The Balaban J connectivity index is 1.61. The molecular weight excluding hydrogens is 444 g/mol. The summed E-state index contributed by atoms with van der Waals surface area (Å²) in [6.07, 6.45) is 0.327. The summed E-state index contributed by atoms with van der Waals surface area (Å²) in [5.74, 6) is 2.13. The molecule has 1 fully saturated rings. The Morgan fingerprint density at radius 2 is 2.12 bits per heavy atom. The molecule has 1 saturated heterocycles. The zero-order valence-corrected chi connectivity index (χ0v) is 19.4. The third-order valence-corrected chi connectivity index (χ3v) is 6.07. The van der Waals surface area contributed by atoms with E-state index in [2.05, 4.69) is 15.1 Å². The lowest BCUT2D eigenvalue weighted by atomic mass is 10.1. The van der Waals surface area contributed by atoms with Crippen LogP contribution in [-0.2, 0) is 9.53 Å². The predicted octanol–water partition coefficient (Wildman–Crippen LogP) is 2.66. The van der Waals surface area contributed by atoms with Crippen molar-refractivity contribution in [3.63, 3.8) is 0 Å². The molecule has 2 aliphatic rings. The van der Waals surface area contributed by atoms with Crippen LogP contribution in [0.15, 0.2) is 47.5 Å². The summed E-state index contributed by atoms with van der Waals surface area (Å²) in [5, 5.41) is 13.0. The number of hydrogen-bond acceptors (Lipinski definition) is 7. The number of β-amino-alcohol motifs (C(OH)–C–C–N with tert-alkyl or cyclic N) is 1. The van der Waals surface area contributed by atoms with Crippen LogP contribution in [0.25, 0.3) is 0 Å². The molecule has 33 heavy (non-hydrogen) atoms. The molecule has 1 amide bonds. The maximum atomic E-state index is 12.5. The van der Waals surface area contributed by atoms with Crippen LogP contribution in [0, 0.1) is 0 Å². The van der Waals surface area contributed by atoms with Crippen molar-refractivity contribution in [3.05, 3.63) is 53.1 Å². The second kappa shape index (κ2) is 11.0. The number of amidine groups is 1. The van der Waals surface area contributed by atoms with Gasteiger partial charge in [-0.25, -0.2) is 4.99 Å². The summed E-state index contributed by atoms with van der Waals surface area (Å²) in [6.45, 7) is 3.53. The number of methoxy groups -OCH3 is 1. The lowest BCUT2D eigenvalue weighted by Gasteiger charge is -2.42. The number of para-hydroxylation sites is 1. The Kier molecular flexibility index (Phi) is 7.82. The molecule has 0 aliphatic carbocycles. The van der Waals surface area contributed by atoms with Crippen LogP contribution in [0.3, 0.4) is 0 Å². The molecule has 176 valence electrons. The van der Waals surface area contributed by atoms with Crippen molar-refractivity contribution in [2.45, 2.75) is 12.5 Å². The summed E-state index contributed by atoms with van der Waals surface area (Å²) in [7, 11) is 1.61. The van der Waals surface area contributed by atoms with Gasteiger partial charge in [0.15, 0.2) is 5.75 Å². The second-order valence-electron chi connectivity index (χ2n) is 8.05. The van der Waals surface area contributed by atoms with Gasteiger partial charge in [-0.05, 0) is 30.3 Å². The minimum absolute atomic E-state index is 0.0366. The van der Waals surface area contributed by atoms with Gasteiger partial charge in [0.1, 0.15) is 17.3 Å². The molecule has 0 aromatic heterocycles. The molecule has 1 atom stereocenters. The van der Waals surface area contributed by atoms with Crippen LogP contribution in [0.2, 0.25) is 5.02 Å². The Labute approximate surface area is 198 Å². The zero-order valence-electron chi connectivity index (χ0n) is 18.7. The molecule has 2 heterocycles. The molecule has 4 rings (SSSR count). The van der Waals surface area contributed by atoms with Gasteiger partial charge in [0.05, 0.1) is 18.8 Å². The van der Waals surface area contributed by atoms with Crippen molar-refractivity contribution in [2.75, 3.05) is 53.0 Å². The molecule has 0 saturated carbocycles. The monoisotopic (exact) mass is 472 g/mol. The third-order valence-electron chi connectivity index (χ3n) is 5.84. The largest absolute Gasteiger partial charge is 0.454 e. The van der Waals surface area contributed by atoms with Gasteiger partial charge in [0.25, 0.3) is 0 Å². The zero-order chi connectivity index (χ0) is 23.2. The molecule has 2 aliphatic heterocycles. The summed E-state index contributed by atoms with van der Waals surface area (Å²) in [6, 6.07) is 13.2. The molecule has 0 spiro atoms. The normalized spacial score (nSPS) is 18.0. The molecule has 2 N–H and O–H groups in total. The van der Waals surface area contributed by atoms with Crippen LogP contribution in [0.1, 0.15) is 12.0 Å². The number of amides is 1. The van der Waals surface area contributed by atoms with E-state index < -0.39 is 0 Å². The van der Waals surface area contributed by atoms with E-state index in [4.69, 9.17) is 26.1 Å². The van der Waals surface area contributed by atoms with E-state index in [-0.39, 0.29) is 18.6 Å². The molecule has 0 bridgehead atoms. The van der Waals surface area contributed by atoms with Crippen LogP contribution in [0.5, 0.6) is 11.5 Å². The van der Waals surface area contributed by atoms with Gasteiger partial charge >= 0.3 is 0 Å². The summed E-state index contributed by atoms with van der Waals surface area (Å²) >= 11 is 6.24. The van der Waals surface area contributed by atoms with Gasteiger partial charge in [-0.2, -0.15) is 0 Å². The highest BCUT2D eigenvalue weighted by Crippen LogP contribution is 2.39. The van der Waals surface area contributed by atoms with E-state index in [1.165, 1.54) is 0 Å². The minimum atomic E-state index is -0.0636. The van der Waals surface area contributed by atoms with Gasteiger partial charge in [-0.1, -0.05) is 23.7 Å². The SMILES string of the molecule is COCCNC(=O)CC1CN(C2=Nc3cc(Cl)ccc3Oc3ccccc32)CCN1CCO. The Morgan fingerprint density at radius 1 is 1.27 bits per heavy atom. The number of hydrogen-bond donors (Lipinski definition) is 2. The summed E-state index contributed by atoms with van der Waals surface area (Å²) < 4.78 is 11.2. The third kappa shape index (κ3) is 5.65. The van der Waals surface area contributed by atoms with E-state index in [9.17, 15) is 9.90 Å². The lowest BCUT2D eigenvalue weighted by Crippen LogP contribution is -2.56. The fourth-order valence-electron chi connectivity index (χ4n) is 4.22. The first-order chi connectivity index (χ1) is 16.1. The standard InChI is InChI=1S/C24H29ClN4O4/c1-32-13-8-26-23(31)15-18-16-29(10-9-28(18)11-12-30)24-19-4-2-3-5-21(19)33-22-7-6-17(25)14-20(22)27-24/h2-7,14,18,30H,8-13,15-16H2,1H3,(H,26,31). The van der Waals surface area contributed by atoms with E-state index >= 15 is 0 Å². The first kappa shape index (κ1) is 23.5. The highest BCUT2D eigenvalue weighted by molar-refractivity contribution is 6.31. The van der Waals surface area contributed by atoms with E-state index in [1.807, 2.05) is 30.3 Å². The van der Waals surface area contributed by atoms with Gasteiger partial charge in [0.2, 0.25) is 5.91 Å². The number of rotatable bonds is 7. The van der Waals surface area contributed by atoms with Gasteiger partial charge in [-0.3, -0.25) is 9.69 Å². The fourth-order valence-corrected chi connectivity index (χ4v) is 4.39. The number of ether oxygens (including phenoxy) is 2. The number of carbonyl (C=O) groups is 1. The molecular formula is C24H29ClN4O4. The van der Waals surface area contributed by atoms with Gasteiger partial charge < -0.3 is 24.8 Å². The van der Waals surface area contributed by atoms with Crippen molar-refractivity contribution >= 4 is 29.0 Å². The van der Waals surface area contributed by atoms with Crippen molar-refractivity contribution in [1.29, 1.82) is 0 Å². The highest BCUT2D eigenvalue weighted by atomic mass is 35.5. The molecule has 2 aromatic rings. The Bertz CT molecular complexity index is 1020. The number of nitrogens with one attached hydrogen (secondary N) is 1. The van der Waals surface area contributed by atoms with Crippen LogP contribution >= 0.6 is 11.6 Å². The molecule has 0 radical (unpaired) electrons. The molecule has 1 unspecified atom stereocenters. The number of carbonyl (C=O) groups excluding carboxylic acids is 1. The van der Waals surface area contributed by atoms with E-state index in [0.29, 0.717) is 62.2 Å². The van der Waals surface area contributed by atoms with Crippen molar-refractivity contribution in [3.8, 4) is 11.5 Å². The summed E-state index contributed by atoms with van der Waals surface area (Å²) in [5.41, 5.74) is 1.56. The van der Waals surface area contributed by atoms with Crippen molar-refractivity contribution < 1.29 is 19.4 Å². The number of aliphatic imine (C=N–C) groups is 1. The van der Waals surface area contributed by atoms with Crippen LogP contribution < -0.4 is 10.1 Å². The maximum absolute atomic E-state index is 12.5. The quantitative estimate of drug-likeness (QED) is 0.602. The number of aliphatic hydroxyl groups excluding tert-OH is 1. The highest BCUT2D eigenvalue weighted by Gasteiger charge is 2.32. The number of benzene rings is 2. The molecule has 2 aromatic carbocycles. The summed E-state index contributed by atoms with van der Waals surface area (Å²) in [4.78, 5) is 21.8. The number of aliphatic hydroxyl groups is 1. The average molecular weight is 473 g/mol. The molecule has 8 nitrogen and oxygen atoms in total. The fraction of sp³-hybridized carbons (Fsp3) is 0.417. The number of halogens is 1. The smallest absolute Gasteiger partial charge is 0.221 e. The van der Waals surface area contributed by atoms with Crippen LogP contribution in [-0.4, -0.2) is 85.7 Å². The van der Waals surface area contributed by atoms with Crippen molar-refractivity contribution in [2.24, 2.45) is 4.99 Å².